The molecule has 1 saturated heterocycles. The maximum absolute atomic E-state index is 5.22. The quantitative estimate of drug-likeness (QED) is 0.892. The van der Waals surface area contributed by atoms with Gasteiger partial charge in [-0.25, -0.2) is 0 Å². The van der Waals surface area contributed by atoms with E-state index in [0.29, 0.717) is 12.1 Å². The van der Waals surface area contributed by atoms with Gasteiger partial charge in [-0.2, -0.15) is 0 Å². The smallest absolute Gasteiger partial charge is 0.150 e. The Morgan fingerprint density at radius 1 is 1.44 bits per heavy atom. The first-order valence-corrected chi connectivity index (χ1v) is 7.05. The number of rotatable bonds is 4. The average molecular weight is 251 g/mol. The van der Waals surface area contributed by atoms with E-state index in [2.05, 4.69) is 29.2 Å². The van der Waals surface area contributed by atoms with E-state index in [9.17, 15) is 0 Å². The molecule has 2 rings (SSSR count). The van der Waals surface area contributed by atoms with Crippen LogP contribution in [-0.2, 0) is 6.54 Å². The van der Waals surface area contributed by atoms with Crippen LogP contribution in [0.5, 0.6) is 0 Å². The summed E-state index contributed by atoms with van der Waals surface area (Å²) in [6.45, 7) is 9.75. The van der Waals surface area contributed by atoms with Crippen molar-refractivity contribution in [1.82, 2.24) is 15.4 Å². The molecule has 1 aliphatic rings. The standard InChI is InChI=1S/C14H25N3O/c1-11(2)17-7-4-5-13(6-8-17)15-10-14-9-12(3)16-18-14/h9,11,13,15H,4-8,10H2,1-3H3. The Kier molecular flexibility index (Phi) is 4.78. The predicted molar refractivity (Wildman–Crippen MR) is 72.4 cm³/mol. The van der Waals surface area contributed by atoms with Crippen LogP contribution in [0.25, 0.3) is 0 Å². The maximum Gasteiger partial charge on any atom is 0.150 e. The third kappa shape index (κ3) is 3.82. The monoisotopic (exact) mass is 251 g/mol. The fourth-order valence-electron chi connectivity index (χ4n) is 2.58. The van der Waals surface area contributed by atoms with Crippen LogP contribution in [0.3, 0.4) is 0 Å². The van der Waals surface area contributed by atoms with Crippen molar-refractivity contribution >= 4 is 0 Å². The summed E-state index contributed by atoms with van der Waals surface area (Å²) in [5.41, 5.74) is 0.957. The molecule has 1 atom stereocenters. The van der Waals surface area contributed by atoms with Gasteiger partial charge in [-0.05, 0) is 53.1 Å². The van der Waals surface area contributed by atoms with Crippen LogP contribution in [0, 0.1) is 6.92 Å². The number of hydrogen-bond acceptors (Lipinski definition) is 4. The zero-order valence-corrected chi connectivity index (χ0v) is 11.8. The van der Waals surface area contributed by atoms with Crippen molar-refractivity contribution in [3.8, 4) is 0 Å². The topological polar surface area (TPSA) is 41.3 Å². The van der Waals surface area contributed by atoms with Crippen LogP contribution in [0.1, 0.15) is 44.6 Å². The van der Waals surface area contributed by atoms with Gasteiger partial charge in [0, 0.05) is 18.2 Å². The molecule has 4 heteroatoms. The zero-order chi connectivity index (χ0) is 13.0. The summed E-state index contributed by atoms with van der Waals surface area (Å²) < 4.78 is 5.22. The molecule has 0 aromatic carbocycles. The highest BCUT2D eigenvalue weighted by Gasteiger charge is 2.18. The van der Waals surface area contributed by atoms with Gasteiger partial charge < -0.3 is 14.7 Å². The molecule has 4 nitrogen and oxygen atoms in total. The lowest BCUT2D eigenvalue weighted by atomic mass is 10.1. The van der Waals surface area contributed by atoms with Crippen LogP contribution in [-0.4, -0.2) is 35.2 Å². The van der Waals surface area contributed by atoms with Gasteiger partial charge in [-0.15, -0.1) is 0 Å². The molecule has 0 spiro atoms. The number of aromatic nitrogens is 1. The Labute approximate surface area is 110 Å². The van der Waals surface area contributed by atoms with Gasteiger partial charge in [0.05, 0.1) is 12.2 Å². The van der Waals surface area contributed by atoms with Gasteiger partial charge in [0.1, 0.15) is 0 Å². The molecule has 1 N–H and O–H groups in total. The summed E-state index contributed by atoms with van der Waals surface area (Å²) in [4.78, 5) is 2.57. The van der Waals surface area contributed by atoms with Crippen LogP contribution in [0.2, 0.25) is 0 Å². The molecule has 0 aliphatic carbocycles. The molecule has 0 radical (unpaired) electrons. The van der Waals surface area contributed by atoms with Gasteiger partial charge in [-0.3, -0.25) is 0 Å². The molecule has 1 aliphatic heterocycles. The van der Waals surface area contributed by atoms with Crippen molar-refractivity contribution in [2.75, 3.05) is 13.1 Å². The lowest BCUT2D eigenvalue weighted by Crippen LogP contribution is -2.33. The second kappa shape index (κ2) is 6.34. The zero-order valence-electron chi connectivity index (χ0n) is 11.8. The van der Waals surface area contributed by atoms with E-state index in [4.69, 9.17) is 4.52 Å². The third-order valence-corrected chi connectivity index (χ3v) is 3.73. The largest absolute Gasteiger partial charge is 0.360 e. The van der Waals surface area contributed by atoms with Crippen LogP contribution < -0.4 is 5.32 Å². The SMILES string of the molecule is Cc1cc(CNC2CCCN(C(C)C)CC2)on1. The Hall–Kier alpha value is -0.870. The van der Waals surface area contributed by atoms with E-state index in [-0.39, 0.29) is 0 Å². The molecule has 1 aromatic heterocycles. The molecule has 18 heavy (non-hydrogen) atoms. The number of aryl methyl sites for hydroxylation is 1. The second-order valence-electron chi connectivity index (χ2n) is 5.57. The van der Waals surface area contributed by atoms with Crippen LogP contribution >= 0.6 is 0 Å². The molecule has 102 valence electrons. The molecule has 1 aromatic rings. The van der Waals surface area contributed by atoms with Crippen molar-refractivity contribution in [1.29, 1.82) is 0 Å². The molecule has 2 heterocycles. The van der Waals surface area contributed by atoms with E-state index in [1.165, 1.54) is 32.4 Å². The minimum absolute atomic E-state index is 0.610. The fourth-order valence-corrected chi connectivity index (χ4v) is 2.58. The molecular weight excluding hydrogens is 226 g/mol. The van der Waals surface area contributed by atoms with Gasteiger partial charge in [0.25, 0.3) is 0 Å². The maximum atomic E-state index is 5.22. The van der Waals surface area contributed by atoms with Gasteiger partial charge in [0.2, 0.25) is 0 Å². The number of nitrogens with zero attached hydrogens (tertiary/aromatic N) is 2. The van der Waals surface area contributed by atoms with Crippen LogP contribution in [0.15, 0.2) is 10.6 Å². The minimum Gasteiger partial charge on any atom is -0.360 e. The Balaban J connectivity index is 1.77. The second-order valence-corrected chi connectivity index (χ2v) is 5.57. The molecular formula is C14H25N3O. The van der Waals surface area contributed by atoms with Gasteiger partial charge >= 0.3 is 0 Å². The summed E-state index contributed by atoms with van der Waals surface area (Å²) in [6.07, 6.45) is 3.77. The highest BCUT2D eigenvalue weighted by atomic mass is 16.5. The van der Waals surface area contributed by atoms with Gasteiger partial charge in [0.15, 0.2) is 5.76 Å². The summed E-state index contributed by atoms with van der Waals surface area (Å²) in [7, 11) is 0. The normalized spacial score (nSPS) is 22.3. The number of hydrogen-bond donors (Lipinski definition) is 1. The fraction of sp³-hybridized carbons (Fsp3) is 0.786. The number of nitrogens with one attached hydrogen (secondary N) is 1. The van der Waals surface area contributed by atoms with E-state index in [1.807, 2.05) is 13.0 Å². The first-order chi connectivity index (χ1) is 8.65. The third-order valence-electron chi connectivity index (χ3n) is 3.73. The van der Waals surface area contributed by atoms with E-state index in [1.54, 1.807) is 0 Å². The average Bonchev–Trinajstić information content (AvgIpc) is 2.62. The van der Waals surface area contributed by atoms with Crippen LogP contribution in [0.4, 0.5) is 0 Å². The summed E-state index contributed by atoms with van der Waals surface area (Å²) >= 11 is 0. The van der Waals surface area contributed by atoms with Crippen molar-refractivity contribution in [2.45, 2.75) is 58.7 Å². The molecule has 0 saturated carbocycles. The summed E-state index contributed by atoms with van der Waals surface area (Å²) in [5, 5.41) is 7.50. The first kappa shape index (κ1) is 13.6. The van der Waals surface area contributed by atoms with Crippen molar-refractivity contribution in [3.63, 3.8) is 0 Å². The van der Waals surface area contributed by atoms with Crippen molar-refractivity contribution < 1.29 is 4.52 Å². The van der Waals surface area contributed by atoms with E-state index in [0.717, 1.165) is 18.0 Å². The summed E-state index contributed by atoms with van der Waals surface area (Å²) in [6, 6.07) is 3.28. The van der Waals surface area contributed by atoms with Crippen molar-refractivity contribution in [3.05, 3.63) is 17.5 Å². The Bertz CT molecular complexity index is 362. The van der Waals surface area contributed by atoms with E-state index >= 15 is 0 Å². The minimum atomic E-state index is 0.610. The first-order valence-electron chi connectivity index (χ1n) is 7.05. The lowest BCUT2D eigenvalue weighted by Gasteiger charge is -2.24. The highest BCUT2D eigenvalue weighted by molar-refractivity contribution is 5.02. The Morgan fingerprint density at radius 3 is 2.94 bits per heavy atom. The number of likely N-dealkylation sites (tertiary alicyclic amines) is 1. The van der Waals surface area contributed by atoms with Gasteiger partial charge in [-0.1, -0.05) is 5.16 Å². The molecule has 1 unspecified atom stereocenters. The predicted octanol–water partition coefficient (Wildman–Crippen LogP) is 2.34. The molecule has 0 amide bonds. The van der Waals surface area contributed by atoms with E-state index < -0.39 is 0 Å². The highest BCUT2D eigenvalue weighted by Crippen LogP contribution is 2.14. The van der Waals surface area contributed by atoms with Crippen molar-refractivity contribution in [2.24, 2.45) is 0 Å². The molecule has 0 bridgehead atoms. The Morgan fingerprint density at radius 2 is 2.28 bits per heavy atom. The summed E-state index contributed by atoms with van der Waals surface area (Å²) in [5.74, 6) is 0.942. The lowest BCUT2D eigenvalue weighted by molar-refractivity contribution is 0.228. The molecule has 1 fully saturated rings.